The first-order chi connectivity index (χ1) is 9.31. The largest absolute Gasteiger partial charge is 0.395 e. The van der Waals surface area contributed by atoms with Gasteiger partial charge in [-0.25, -0.2) is 0 Å². The third kappa shape index (κ3) is 6.05. The topological polar surface area (TPSA) is 55.7 Å². The molecule has 0 bridgehead atoms. The van der Waals surface area contributed by atoms with Crippen molar-refractivity contribution in [3.63, 3.8) is 0 Å². The van der Waals surface area contributed by atoms with Crippen LogP contribution in [0.4, 0.5) is 5.69 Å². The summed E-state index contributed by atoms with van der Waals surface area (Å²) in [5.74, 6) is 0. The Bertz CT molecular complexity index is 321. The minimum Gasteiger partial charge on any atom is -0.395 e. The van der Waals surface area contributed by atoms with Crippen LogP contribution in [0.3, 0.4) is 0 Å². The van der Waals surface area contributed by atoms with E-state index in [0.29, 0.717) is 13.1 Å². The highest BCUT2D eigenvalue weighted by atomic mass is 16.3. The molecule has 0 spiro atoms. The molecule has 0 aliphatic rings. The monoisotopic (exact) mass is 266 g/mol. The second kappa shape index (κ2) is 9.78. The van der Waals surface area contributed by atoms with Crippen molar-refractivity contribution in [1.82, 2.24) is 5.32 Å². The number of hydrogen-bond donors (Lipinski definition) is 3. The molecule has 3 N–H and O–H groups in total. The van der Waals surface area contributed by atoms with Crippen molar-refractivity contribution in [3.05, 3.63) is 29.8 Å². The van der Waals surface area contributed by atoms with E-state index in [2.05, 4.69) is 24.4 Å². The van der Waals surface area contributed by atoms with Crippen molar-refractivity contribution in [1.29, 1.82) is 0 Å². The molecule has 4 nitrogen and oxygen atoms in total. The van der Waals surface area contributed by atoms with Crippen LogP contribution < -0.4 is 10.2 Å². The fourth-order valence-electron chi connectivity index (χ4n) is 1.97. The van der Waals surface area contributed by atoms with Crippen molar-refractivity contribution in [2.45, 2.75) is 26.3 Å². The van der Waals surface area contributed by atoms with Gasteiger partial charge in [-0.15, -0.1) is 0 Å². The molecule has 0 amide bonds. The molecule has 1 aromatic rings. The van der Waals surface area contributed by atoms with E-state index in [4.69, 9.17) is 10.2 Å². The van der Waals surface area contributed by atoms with Gasteiger partial charge in [-0.3, -0.25) is 0 Å². The molecule has 1 aromatic carbocycles. The van der Waals surface area contributed by atoms with Crippen LogP contribution in [0.1, 0.15) is 25.3 Å². The van der Waals surface area contributed by atoms with Gasteiger partial charge in [0.1, 0.15) is 0 Å². The molecule has 0 saturated heterocycles. The van der Waals surface area contributed by atoms with E-state index in [1.54, 1.807) is 0 Å². The summed E-state index contributed by atoms with van der Waals surface area (Å²) in [7, 11) is 0. The van der Waals surface area contributed by atoms with E-state index in [1.807, 2.05) is 17.0 Å². The summed E-state index contributed by atoms with van der Waals surface area (Å²) in [4.78, 5) is 1.98. The highest BCUT2D eigenvalue weighted by Gasteiger charge is 2.04. The molecule has 0 heterocycles. The molecule has 0 saturated carbocycles. The molecule has 0 radical (unpaired) electrons. The Hall–Kier alpha value is -1.10. The summed E-state index contributed by atoms with van der Waals surface area (Å²) < 4.78 is 0. The zero-order valence-electron chi connectivity index (χ0n) is 11.8. The number of hydrogen-bond acceptors (Lipinski definition) is 4. The van der Waals surface area contributed by atoms with Crippen LogP contribution >= 0.6 is 0 Å². The maximum absolute atomic E-state index is 9.01. The maximum atomic E-state index is 9.01. The minimum atomic E-state index is 0.0975. The lowest BCUT2D eigenvalue weighted by Crippen LogP contribution is -2.29. The molecule has 1 rings (SSSR count). The molecule has 0 aliphatic carbocycles. The third-order valence-electron chi connectivity index (χ3n) is 3.08. The predicted octanol–water partition coefficient (Wildman–Crippen LogP) is 1.37. The van der Waals surface area contributed by atoms with Gasteiger partial charge in [0.25, 0.3) is 0 Å². The smallest absolute Gasteiger partial charge is 0.0606 e. The second-order valence-corrected chi connectivity index (χ2v) is 4.63. The number of anilines is 1. The number of benzene rings is 1. The molecular formula is C15H26N2O2. The number of aliphatic hydroxyl groups excluding tert-OH is 2. The van der Waals surface area contributed by atoms with Crippen LogP contribution in [0.25, 0.3) is 0 Å². The lowest BCUT2D eigenvalue weighted by Gasteiger charge is -2.23. The van der Waals surface area contributed by atoms with Gasteiger partial charge in [-0.1, -0.05) is 25.5 Å². The van der Waals surface area contributed by atoms with Gasteiger partial charge >= 0.3 is 0 Å². The number of nitrogens with one attached hydrogen (secondary N) is 1. The molecular weight excluding hydrogens is 240 g/mol. The Kier molecular flexibility index (Phi) is 8.21. The second-order valence-electron chi connectivity index (χ2n) is 4.63. The van der Waals surface area contributed by atoms with Crippen LogP contribution in [0.5, 0.6) is 0 Å². The maximum Gasteiger partial charge on any atom is 0.0606 e. The first kappa shape index (κ1) is 16.0. The summed E-state index contributed by atoms with van der Waals surface area (Å²) in [5.41, 5.74) is 2.30. The number of nitrogens with zero attached hydrogens (tertiary/aromatic N) is 1. The van der Waals surface area contributed by atoms with Crippen LogP contribution in [0.2, 0.25) is 0 Å². The average molecular weight is 266 g/mol. The number of rotatable bonds is 10. The third-order valence-corrected chi connectivity index (χ3v) is 3.08. The van der Waals surface area contributed by atoms with Gasteiger partial charge in [-0.2, -0.15) is 0 Å². The van der Waals surface area contributed by atoms with E-state index >= 15 is 0 Å². The van der Waals surface area contributed by atoms with Crippen molar-refractivity contribution in [2.24, 2.45) is 0 Å². The van der Waals surface area contributed by atoms with Gasteiger partial charge in [0.2, 0.25) is 0 Å². The lowest BCUT2D eigenvalue weighted by atomic mass is 10.2. The van der Waals surface area contributed by atoms with E-state index in [-0.39, 0.29) is 13.2 Å². The van der Waals surface area contributed by atoms with E-state index < -0.39 is 0 Å². The van der Waals surface area contributed by atoms with Crippen LogP contribution in [-0.2, 0) is 6.54 Å². The Morgan fingerprint density at radius 3 is 2.21 bits per heavy atom. The fraction of sp³-hybridized carbons (Fsp3) is 0.600. The number of aliphatic hydroxyl groups is 2. The molecule has 0 aliphatic heterocycles. The summed E-state index contributed by atoms with van der Waals surface area (Å²) in [6, 6.07) is 8.27. The molecule has 108 valence electrons. The summed E-state index contributed by atoms with van der Waals surface area (Å²) in [5, 5.41) is 21.4. The van der Waals surface area contributed by atoms with E-state index in [0.717, 1.165) is 18.8 Å². The van der Waals surface area contributed by atoms with Gasteiger partial charge in [0.15, 0.2) is 0 Å². The Labute approximate surface area is 116 Å². The fourth-order valence-corrected chi connectivity index (χ4v) is 1.97. The molecule has 0 aromatic heterocycles. The summed E-state index contributed by atoms with van der Waals surface area (Å²) in [6.45, 7) is 5.43. The molecule has 0 atom stereocenters. The van der Waals surface area contributed by atoms with Crippen LogP contribution in [0, 0.1) is 0 Å². The molecule has 19 heavy (non-hydrogen) atoms. The first-order valence-corrected chi connectivity index (χ1v) is 7.08. The van der Waals surface area contributed by atoms with Gasteiger partial charge in [0.05, 0.1) is 13.2 Å². The van der Waals surface area contributed by atoms with Crippen molar-refractivity contribution >= 4 is 5.69 Å². The molecule has 0 fully saturated rings. The molecule has 4 heteroatoms. The quantitative estimate of drug-likeness (QED) is 0.560. The zero-order chi connectivity index (χ0) is 13.9. The minimum absolute atomic E-state index is 0.0975. The standard InChI is InChI=1S/C15H26N2O2/c1-2-3-8-16-13-14-4-6-15(7-5-14)17(9-11-18)10-12-19/h4-7,16,18-19H,2-3,8-13H2,1H3. The highest BCUT2D eigenvalue weighted by molar-refractivity contribution is 5.47. The van der Waals surface area contributed by atoms with E-state index in [9.17, 15) is 0 Å². The predicted molar refractivity (Wildman–Crippen MR) is 79.4 cm³/mol. The van der Waals surface area contributed by atoms with Crippen molar-refractivity contribution in [3.8, 4) is 0 Å². The Morgan fingerprint density at radius 1 is 1.05 bits per heavy atom. The van der Waals surface area contributed by atoms with Gasteiger partial charge in [0, 0.05) is 25.3 Å². The Balaban J connectivity index is 2.49. The first-order valence-electron chi connectivity index (χ1n) is 7.08. The zero-order valence-corrected chi connectivity index (χ0v) is 11.8. The van der Waals surface area contributed by atoms with Gasteiger partial charge < -0.3 is 20.4 Å². The highest BCUT2D eigenvalue weighted by Crippen LogP contribution is 2.14. The van der Waals surface area contributed by atoms with Gasteiger partial charge in [-0.05, 0) is 30.7 Å². The summed E-state index contributed by atoms with van der Waals surface area (Å²) >= 11 is 0. The van der Waals surface area contributed by atoms with Crippen molar-refractivity contribution < 1.29 is 10.2 Å². The van der Waals surface area contributed by atoms with Crippen LogP contribution in [0.15, 0.2) is 24.3 Å². The lowest BCUT2D eigenvalue weighted by molar-refractivity contribution is 0.281. The Morgan fingerprint density at radius 2 is 1.68 bits per heavy atom. The van der Waals surface area contributed by atoms with Crippen LogP contribution in [-0.4, -0.2) is 43.1 Å². The average Bonchev–Trinajstić information content (AvgIpc) is 2.44. The van der Waals surface area contributed by atoms with Crippen molar-refractivity contribution in [2.75, 3.05) is 37.7 Å². The SMILES string of the molecule is CCCCNCc1ccc(N(CCO)CCO)cc1. The molecule has 0 unspecified atom stereocenters. The normalized spacial score (nSPS) is 10.7. The van der Waals surface area contributed by atoms with E-state index in [1.165, 1.54) is 18.4 Å². The number of unbranched alkanes of at least 4 members (excludes halogenated alkanes) is 1. The summed E-state index contributed by atoms with van der Waals surface area (Å²) in [6.07, 6.45) is 2.42.